The number of H-pyrrole nitrogens is 1. The maximum Gasteiger partial charge on any atom is 0.258 e. The van der Waals surface area contributed by atoms with Gasteiger partial charge in [-0.3, -0.25) is 4.79 Å². The van der Waals surface area contributed by atoms with E-state index in [9.17, 15) is 4.79 Å². The fourth-order valence-electron chi connectivity index (χ4n) is 3.12. The largest absolute Gasteiger partial charge is 0.497 e. The van der Waals surface area contributed by atoms with Crippen molar-refractivity contribution < 1.29 is 4.74 Å². The lowest BCUT2D eigenvalue weighted by molar-refractivity contribution is 0.415. The molecule has 116 valence electrons. The van der Waals surface area contributed by atoms with Gasteiger partial charge in [0.15, 0.2) is 0 Å². The molecule has 1 aliphatic heterocycles. The van der Waals surface area contributed by atoms with Crippen LogP contribution in [0.2, 0.25) is 0 Å². The molecule has 0 bridgehead atoms. The molecule has 1 aromatic heterocycles. The maximum absolute atomic E-state index is 12.3. The lowest BCUT2D eigenvalue weighted by atomic mass is 10.2. The van der Waals surface area contributed by atoms with E-state index in [1.165, 1.54) is 11.3 Å². The number of benzene rings is 2. The molecule has 1 aliphatic rings. The third-order valence-electron chi connectivity index (χ3n) is 4.29. The molecule has 0 aliphatic carbocycles. The average Bonchev–Trinajstić information content (AvgIpc) is 2.98. The average molecular weight is 307 g/mol. The Balaban J connectivity index is 1.69. The molecule has 3 aromatic rings. The zero-order valence-electron chi connectivity index (χ0n) is 12.9. The number of ether oxygens (including phenoxy) is 1. The summed E-state index contributed by atoms with van der Waals surface area (Å²) in [6.45, 7) is 1.55. The quantitative estimate of drug-likeness (QED) is 0.807. The van der Waals surface area contributed by atoms with Crippen molar-refractivity contribution in [1.29, 1.82) is 0 Å². The molecule has 2 heterocycles. The number of para-hydroxylation sites is 1. The number of fused-ring (bicyclic) bond motifs is 2. The molecule has 0 amide bonds. The smallest absolute Gasteiger partial charge is 0.258 e. The third kappa shape index (κ3) is 2.44. The van der Waals surface area contributed by atoms with Crippen LogP contribution in [0, 0.1) is 0 Å². The summed E-state index contributed by atoms with van der Waals surface area (Å²) in [7, 11) is 1.59. The highest BCUT2D eigenvalue weighted by Crippen LogP contribution is 2.28. The van der Waals surface area contributed by atoms with Crippen LogP contribution in [0.5, 0.6) is 5.75 Å². The van der Waals surface area contributed by atoms with E-state index < -0.39 is 0 Å². The zero-order valence-corrected chi connectivity index (χ0v) is 12.9. The van der Waals surface area contributed by atoms with Crippen molar-refractivity contribution in [3.05, 3.63) is 64.2 Å². The lowest BCUT2D eigenvalue weighted by Gasteiger charge is -2.18. The topological polar surface area (TPSA) is 58.2 Å². The van der Waals surface area contributed by atoms with Crippen molar-refractivity contribution in [3.8, 4) is 5.75 Å². The lowest BCUT2D eigenvalue weighted by Crippen LogP contribution is -2.23. The molecule has 4 rings (SSSR count). The van der Waals surface area contributed by atoms with Gasteiger partial charge in [0, 0.05) is 12.2 Å². The highest BCUT2D eigenvalue weighted by atomic mass is 16.5. The molecule has 23 heavy (non-hydrogen) atoms. The van der Waals surface area contributed by atoms with E-state index in [2.05, 4.69) is 33.1 Å². The van der Waals surface area contributed by atoms with Crippen molar-refractivity contribution in [2.24, 2.45) is 0 Å². The Kier molecular flexibility index (Phi) is 3.26. The summed E-state index contributed by atoms with van der Waals surface area (Å²) in [6, 6.07) is 13.7. The van der Waals surface area contributed by atoms with Crippen molar-refractivity contribution in [2.75, 3.05) is 18.6 Å². The molecule has 0 spiro atoms. The third-order valence-corrected chi connectivity index (χ3v) is 4.29. The van der Waals surface area contributed by atoms with Crippen LogP contribution in [-0.2, 0) is 13.0 Å². The SMILES string of the molecule is COc1ccc2nc(CN3CCc4ccccc43)[nH]c(=O)c2c1. The fourth-order valence-corrected chi connectivity index (χ4v) is 3.12. The van der Waals surface area contributed by atoms with Crippen LogP contribution >= 0.6 is 0 Å². The second-order valence-corrected chi connectivity index (χ2v) is 5.70. The number of rotatable bonds is 3. The Bertz CT molecular complexity index is 933. The van der Waals surface area contributed by atoms with Crippen LogP contribution in [-0.4, -0.2) is 23.6 Å². The summed E-state index contributed by atoms with van der Waals surface area (Å²) >= 11 is 0. The Morgan fingerprint density at radius 3 is 3.00 bits per heavy atom. The number of aromatic nitrogens is 2. The van der Waals surface area contributed by atoms with Gasteiger partial charge in [0.25, 0.3) is 5.56 Å². The summed E-state index contributed by atoms with van der Waals surface area (Å²) in [5.74, 6) is 1.34. The van der Waals surface area contributed by atoms with Crippen LogP contribution in [0.15, 0.2) is 47.3 Å². The molecule has 2 aromatic carbocycles. The Labute approximate surface area is 133 Å². The van der Waals surface area contributed by atoms with E-state index >= 15 is 0 Å². The van der Waals surface area contributed by atoms with Crippen molar-refractivity contribution in [3.63, 3.8) is 0 Å². The summed E-state index contributed by atoms with van der Waals surface area (Å²) in [4.78, 5) is 22.1. The fraction of sp³-hybridized carbons (Fsp3) is 0.222. The second kappa shape index (κ2) is 5.43. The Morgan fingerprint density at radius 1 is 1.26 bits per heavy atom. The number of aromatic amines is 1. The van der Waals surface area contributed by atoms with Gasteiger partial charge in [-0.15, -0.1) is 0 Å². The zero-order chi connectivity index (χ0) is 15.8. The number of hydrogen-bond acceptors (Lipinski definition) is 4. The first-order valence-electron chi connectivity index (χ1n) is 7.64. The number of nitrogens with one attached hydrogen (secondary N) is 1. The van der Waals surface area contributed by atoms with Crippen LogP contribution in [0.25, 0.3) is 10.9 Å². The van der Waals surface area contributed by atoms with E-state index in [-0.39, 0.29) is 5.56 Å². The van der Waals surface area contributed by atoms with Crippen LogP contribution < -0.4 is 15.2 Å². The first-order valence-corrected chi connectivity index (χ1v) is 7.64. The molecule has 5 heteroatoms. The molecule has 0 unspecified atom stereocenters. The number of hydrogen-bond donors (Lipinski definition) is 1. The van der Waals surface area contributed by atoms with E-state index in [4.69, 9.17) is 4.74 Å². The predicted octanol–water partition coefficient (Wildman–Crippen LogP) is 2.49. The summed E-state index contributed by atoms with van der Waals surface area (Å²) in [6.07, 6.45) is 1.03. The molecular weight excluding hydrogens is 290 g/mol. The second-order valence-electron chi connectivity index (χ2n) is 5.70. The molecule has 0 fully saturated rings. The first-order chi connectivity index (χ1) is 11.2. The van der Waals surface area contributed by atoms with Crippen LogP contribution in [0.4, 0.5) is 5.69 Å². The van der Waals surface area contributed by atoms with Gasteiger partial charge in [-0.05, 0) is 36.2 Å². The minimum Gasteiger partial charge on any atom is -0.497 e. The van der Waals surface area contributed by atoms with Crippen LogP contribution in [0.1, 0.15) is 11.4 Å². The van der Waals surface area contributed by atoms with Gasteiger partial charge >= 0.3 is 0 Å². The van der Waals surface area contributed by atoms with Gasteiger partial charge in [-0.25, -0.2) is 4.98 Å². The van der Waals surface area contributed by atoms with E-state index in [0.29, 0.717) is 29.0 Å². The van der Waals surface area contributed by atoms with E-state index in [1.54, 1.807) is 13.2 Å². The predicted molar refractivity (Wildman–Crippen MR) is 90.1 cm³/mol. The number of methoxy groups -OCH3 is 1. The van der Waals surface area contributed by atoms with Gasteiger partial charge in [-0.1, -0.05) is 18.2 Å². The van der Waals surface area contributed by atoms with Crippen molar-refractivity contribution in [1.82, 2.24) is 9.97 Å². The number of nitrogens with zero attached hydrogens (tertiary/aromatic N) is 2. The maximum atomic E-state index is 12.3. The molecular formula is C18H17N3O2. The molecule has 5 nitrogen and oxygen atoms in total. The van der Waals surface area contributed by atoms with E-state index in [0.717, 1.165) is 13.0 Å². The van der Waals surface area contributed by atoms with Gasteiger partial charge < -0.3 is 14.6 Å². The van der Waals surface area contributed by atoms with Gasteiger partial charge in [-0.2, -0.15) is 0 Å². The van der Waals surface area contributed by atoms with Gasteiger partial charge in [0.05, 0.1) is 24.6 Å². The highest BCUT2D eigenvalue weighted by molar-refractivity contribution is 5.79. The molecule has 0 radical (unpaired) electrons. The van der Waals surface area contributed by atoms with Crippen molar-refractivity contribution in [2.45, 2.75) is 13.0 Å². The van der Waals surface area contributed by atoms with Gasteiger partial charge in [0.2, 0.25) is 0 Å². The van der Waals surface area contributed by atoms with Crippen molar-refractivity contribution >= 4 is 16.6 Å². The standard InChI is InChI=1S/C18H17N3O2/c1-23-13-6-7-15-14(10-13)18(22)20-17(19-15)11-21-9-8-12-4-2-3-5-16(12)21/h2-7,10H,8-9,11H2,1H3,(H,19,20,22). The van der Waals surface area contributed by atoms with Crippen LogP contribution in [0.3, 0.4) is 0 Å². The molecule has 0 atom stereocenters. The summed E-state index contributed by atoms with van der Waals surface area (Å²) < 4.78 is 5.17. The monoisotopic (exact) mass is 307 g/mol. The summed E-state index contributed by atoms with van der Waals surface area (Å²) in [5.41, 5.74) is 3.14. The number of anilines is 1. The Morgan fingerprint density at radius 2 is 2.13 bits per heavy atom. The van der Waals surface area contributed by atoms with E-state index in [1.807, 2.05) is 18.2 Å². The summed E-state index contributed by atoms with van der Waals surface area (Å²) in [5, 5.41) is 0.551. The minimum atomic E-state index is -0.128. The molecule has 1 N–H and O–H groups in total. The van der Waals surface area contributed by atoms with Gasteiger partial charge in [0.1, 0.15) is 11.6 Å². The normalized spacial score (nSPS) is 13.3. The highest BCUT2D eigenvalue weighted by Gasteiger charge is 2.19. The molecule has 0 saturated carbocycles. The minimum absolute atomic E-state index is 0.128. The Hall–Kier alpha value is -2.82. The molecule has 0 saturated heterocycles. The first kappa shape index (κ1) is 13.8.